The molecule has 6 nitrogen and oxygen atoms in total. The molecule has 1 aromatic carbocycles. The minimum atomic E-state index is -0.410. The molecule has 1 aromatic heterocycles. The number of hydrogen-bond donors (Lipinski definition) is 2. The number of nitrogens with two attached hydrogens (primary N) is 1. The van der Waals surface area contributed by atoms with Crippen molar-refractivity contribution >= 4 is 17.1 Å². The zero-order chi connectivity index (χ0) is 15.4. The maximum atomic E-state index is 11.2. The molecule has 2 aromatic rings. The number of hydrogen-bond acceptors (Lipinski definition) is 5. The smallest absolute Gasteiger partial charge is 0.313 e. The van der Waals surface area contributed by atoms with E-state index in [2.05, 4.69) is 10.3 Å². The minimum Gasteiger partial charge on any atom is -0.350 e. The lowest BCUT2D eigenvalue weighted by molar-refractivity contribution is -0.384. The summed E-state index contributed by atoms with van der Waals surface area (Å²) in [7, 11) is 0. The maximum Gasteiger partial charge on any atom is 0.313 e. The van der Waals surface area contributed by atoms with Gasteiger partial charge in [-0.1, -0.05) is 12.1 Å². The molecular weight excluding hydrogens is 268 g/mol. The van der Waals surface area contributed by atoms with Gasteiger partial charge in [-0.25, -0.2) is 0 Å². The van der Waals surface area contributed by atoms with E-state index >= 15 is 0 Å². The van der Waals surface area contributed by atoms with Gasteiger partial charge in [0, 0.05) is 11.4 Å². The van der Waals surface area contributed by atoms with E-state index in [-0.39, 0.29) is 5.69 Å². The summed E-state index contributed by atoms with van der Waals surface area (Å²) < 4.78 is 0. The summed E-state index contributed by atoms with van der Waals surface area (Å²) in [4.78, 5) is 14.9. The van der Waals surface area contributed by atoms with Crippen molar-refractivity contribution in [3.8, 4) is 0 Å². The number of pyridine rings is 1. The van der Waals surface area contributed by atoms with Crippen molar-refractivity contribution in [3.63, 3.8) is 0 Å². The van der Waals surface area contributed by atoms with Crippen molar-refractivity contribution < 1.29 is 4.92 Å². The normalized spacial score (nSPS) is 10.4. The fourth-order valence-corrected chi connectivity index (χ4v) is 2.22. The molecule has 1 heterocycles. The Bertz CT molecular complexity index is 653. The number of aryl methyl sites for hydroxylation is 2. The molecule has 0 aliphatic heterocycles. The van der Waals surface area contributed by atoms with Crippen LogP contribution in [-0.2, 0) is 6.42 Å². The second-order valence-electron chi connectivity index (χ2n) is 4.86. The summed E-state index contributed by atoms with van der Waals surface area (Å²) >= 11 is 0. The van der Waals surface area contributed by atoms with E-state index < -0.39 is 4.92 Å². The second-order valence-corrected chi connectivity index (χ2v) is 4.86. The van der Waals surface area contributed by atoms with Gasteiger partial charge in [0.1, 0.15) is 11.4 Å². The molecule has 0 unspecified atom stereocenters. The number of nitro groups is 1. The third-order valence-electron chi connectivity index (χ3n) is 3.14. The van der Waals surface area contributed by atoms with Crippen molar-refractivity contribution in [1.82, 2.24) is 4.98 Å². The van der Waals surface area contributed by atoms with Crippen LogP contribution in [0.25, 0.3) is 0 Å². The van der Waals surface area contributed by atoms with Crippen LogP contribution in [0, 0.1) is 24.0 Å². The molecule has 0 atom stereocenters. The number of benzene rings is 1. The van der Waals surface area contributed by atoms with E-state index in [4.69, 9.17) is 5.73 Å². The molecule has 0 spiro atoms. The molecular formula is C15H18N4O2. The van der Waals surface area contributed by atoms with Gasteiger partial charge in [-0.05, 0) is 50.6 Å². The number of nitrogens with one attached hydrogen (secondary N) is 1. The van der Waals surface area contributed by atoms with E-state index in [0.717, 1.165) is 23.4 Å². The monoisotopic (exact) mass is 286 g/mol. The summed E-state index contributed by atoms with van der Waals surface area (Å²) in [6.07, 6.45) is 0.813. The summed E-state index contributed by atoms with van der Waals surface area (Å²) in [6.45, 7) is 4.05. The van der Waals surface area contributed by atoms with Crippen molar-refractivity contribution in [2.75, 3.05) is 11.9 Å². The van der Waals surface area contributed by atoms with Crippen LogP contribution in [0.15, 0.2) is 30.3 Å². The summed E-state index contributed by atoms with van der Waals surface area (Å²) in [5.74, 6) is 0. The van der Waals surface area contributed by atoms with Crippen LogP contribution >= 0.6 is 0 Å². The standard InChI is InChI=1S/C15H18N4O2/c1-10-9-14(15(19(20)21)11(2)17-10)18-13-5-3-12(4-6-13)7-8-16/h3-6,9H,7-8,16H2,1-2H3,(H,17,18). The third-order valence-corrected chi connectivity index (χ3v) is 3.14. The highest BCUT2D eigenvalue weighted by molar-refractivity contribution is 5.71. The Morgan fingerprint density at radius 1 is 1.29 bits per heavy atom. The third kappa shape index (κ3) is 3.55. The van der Waals surface area contributed by atoms with Gasteiger partial charge in [0.2, 0.25) is 0 Å². The maximum absolute atomic E-state index is 11.2. The van der Waals surface area contributed by atoms with Gasteiger partial charge < -0.3 is 11.1 Å². The second kappa shape index (κ2) is 6.32. The fourth-order valence-electron chi connectivity index (χ4n) is 2.22. The van der Waals surface area contributed by atoms with E-state index in [9.17, 15) is 10.1 Å². The Hall–Kier alpha value is -2.47. The molecule has 0 radical (unpaired) electrons. The number of aromatic nitrogens is 1. The first-order chi connectivity index (χ1) is 10.0. The highest BCUT2D eigenvalue weighted by Gasteiger charge is 2.19. The van der Waals surface area contributed by atoms with Gasteiger partial charge in [0.25, 0.3) is 0 Å². The van der Waals surface area contributed by atoms with Crippen LogP contribution in [0.3, 0.4) is 0 Å². The van der Waals surface area contributed by atoms with E-state index in [1.807, 2.05) is 31.2 Å². The van der Waals surface area contributed by atoms with Crippen molar-refractivity contribution in [1.29, 1.82) is 0 Å². The Kier molecular flexibility index (Phi) is 4.49. The lowest BCUT2D eigenvalue weighted by atomic mass is 10.1. The number of nitrogens with zero attached hydrogens (tertiary/aromatic N) is 2. The van der Waals surface area contributed by atoms with Crippen molar-refractivity contribution in [3.05, 3.63) is 57.4 Å². The molecule has 0 fully saturated rings. The zero-order valence-electron chi connectivity index (χ0n) is 12.1. The zero-order valence-corrected chi connectivity index (χ0v) is 12.1. The Labute approximate surface area is 123 Å². The van der Waals surface area contributed by atoms with Gasteiger partial charge in [-0.2, -0.15) is 0 Å². The molecule has 3 N–H and O–H groups in total. The first-order valence-electron chi connectivity index (χ1n) is 6.70. The highest BCUT2D eigenvalue weighted by atomic mass is 16.6. The SMILES string of the molecule is Cc1cc(Nc2ccc(CCN)cc2)c([N+](=O)[O-])c(C)n1. The predicted molar refractivity (Wildman–Crippen MR) is 82.8 cm³/mol. The lowest BCUT2D eigenvalue weighted by Crippen LogP contribution is -2.03. The van der Waals surface area contributed by atoms with E-state index in [0.29, 0.717) is 17.9 Å². The van der Waals surface area contributed by atoms with E-state index in [1.54, 1.807) is 13.0 Å². The predicted octanol–water partition coefficient (Wildman–Crippen LogP) is 2.85. The van der Waals surface area contributed by atoms with Crippen LogP contribution in [-0.4, -0.2) is 16.5 Å². The van der Waals surface area contributed by atoms with Gasteiger partial charge in [0.05, 0.1) is 4.92 Å². The molecule has 2 rings (SSSR count). The fraction of sp³-hybridized carbons (Fsp3) is 0.267. The molecule has 21 heavy (non-hydrogen) atoms. The van der Waals surface area contributed by atoms with Crippen LogP contribution < -0.4 is 11.1 Å². The first kappa shape index (κ1) is 14.9. The first-order valence-corrected chi connectivity index (χ1v) is 6.70. The Morgan fingerprint density at radius 3 is 2.52 bits per heavy atom. The molecule has 6 heteroatoms. The van der Waals surface area contributed by atoms with Crippen LogP contribution in [0.1, 0.15) is 17.0 Å². The molecule has 110 valence electrons. The Morgan fingerprint density at radius 2 is 1.95 bits per heavy atom. The van der Waals surface area contributed by atoms with Crippen LogP contribution in [0.4, 0.5) is 17.1 Å². The molecule has 0 bridgehead atoms. The van der Waals surface area contributed by atoms with E-state index in [1.165, 1.54) is 0 Å². The molecule has 0 saturated carbocycles. The average Bonchev–Trinajstić information content (AvgIpc) is 2.40. The lowest BCUT2D eigenvalue weighted by Gasteiger charge is -2.10. The van der Waals surface area contributed by atoms with Gasteiger partial charge in [0.15, 0.2) is 0 Å². The molecule has 0 saturated heterocycles. The number of rotatable bonds is 5. The average molecular weight is 286 g/mol. The Balaban J connectivity index is 2.32. The van der Waals surface area contributed by atoms with Crippen LogP contribution in [0.5, 0.6) is 0 Å². The summed E-state index contributed by atoms with van der Waals surface area (Å²) in [5, 5.41) is 14.3. The van der Waals surface area contributed by atoms with Crippen molar-refractivity contribution in [2.45, 2.75) is 20.3 Å². The molecule has 0 aliphatic rings. The topological polar surface area (TPSA) is 94.1 Å². The summed E-state index contributed by atoms with van der Waals surface area (Å²) in [6, 6.07) is 9.38. The van der Waals surface area contributed by atoms with Gasteiger partial charge in [-0.15, -0.1) is 0 Å². The quantitative estimate of drug-likeness (QED) is 0.651. The highest BCUT2D eigenvalue weighted by Crippen LogP contribution is 2.30. The molecule has 0 amide bonds. The van der Waals surface area contributed by atoms with Crippen LogP contribution in [0.2, 0.25) is 0 Å². The van der Waals surface area contributed by atoms with Crippen molar-refractivity contribution in [2.24, 2.45) is 5.73 Å². The van der Waals surface area contributed by atoms with Gasteiger partial charge >= 0.3 is 5.69 Å². The number of anilines is 2. The van der Waals surface area contributed by atoms with Gasteiger partial charge in [-0.3, -0.25) is 15.1 Å². The summed E-state index contributed by atoms with van der Waals surface area (Å²) in [5.41, 5.74) is 9.05. The minimum absolute atomic E-state index is 0.00614. The molecule has 0 aliphatic carbocycles. The largest absolute Gasteiger partial charge is 0.350 e.